The molecule has 2 aliphatic rings. The SMILES string of the molecule is CN(C)C1(CNC(=O)C2(N)CCOCC2)Cc2ccccc2C1. The highest BCUT2D eigenvalue weighted by Gasteiger charge is 2.41. The van der Waals surface area contributed by atoms with E-state index in [4.69, 9.17) is 10.5 Å². The number of benzene rings is 1. The first-order chi connectivity index (χ1) is 11.0. The molecule has 126 valence electrons. The Morgan fingerprint density at radius 2 is 1.78 bits per heavy atom. The van der Waals surface area contributed by atoms with Crippen molar-refractivity contribution in [2.24, 2.45) is 5.73 Å². The van der Waals surface area contributed by atoms with Crippen molar-refractivity contribution in [3.8, 4) is 0 Å². The zero-order chi connectivity index (χ0) is 16.5. The molecule has 3 N–H and O–H groups in total. The summed E-state index contributed by atoms with van der Waals surface area (Å²) in [6.45, 7) is 1.75. The van der Waals surface area contributed by atoms with Crippen LogP contribution in [-0.2, 0) is 22.4 Å². The van der Waals surface area contributed by atoms with Gasteiger partial charge in [0.15, 0.2) is 0 Å². The van der Waals surface area contributed by atoms with Crippen LogP contribution in [0.5, 0.6) is 0 Å². The molecular weight excluding hydrogens is 290 g/mol. The molecule has 1 aliphatic carbocycles. The van der Waals surface area contributed by atoms with Crippen LogP contribution in [-0.4, -0.2) is 55.7 Å². The number of amides is 1. The molecule has 23 heavy (non-hydrogen) atoms. The maximum absolute atomic E-state index is 12.6. The van der Waals surface area contributed by atoms with E-state index in [0.717, 1.165) is 12.8 Å². The molecule has 1 heterocycles. The molecule has 0 unspecified atom stereocenters. The third-order valence-electron chi connectivity index (χ3n) is 5.52. The average molecular weight is 317 g/mol. The number of nitrogens with one attached hydrogen (secondary N) is 1. The topological polar surface area (TPSA) is 67.6 Å². The maximum atomic E-state index is 12.6. The van der Waals surface area contributed by atoms with Gasteiger partial charge in [0.25, 0.3) is 0 Å². The first kappa shape index (κ1) is 16.4. The van der Waals surface area contributed by atoms with Gasteiger partial charge in [-0.05, 0) is 50.9 Å². The van der Waals surface area contributed by atoms with Crippen LogP contribution < -0.4 is 11.1 Å². The van der Waals surface area contributed by atoms with Crippen LogP contribution in [0.25, 0.3) is 0 Å². The van der Waals surface area contributed by atoms with Crippen LogP contribution in [0.4, 0.5) is 0 Å². The second-order valence-corrected chi connectivity index (χ2v) is 7.19. The summed E-state index contributed by atoms with van der Waals surface area (Å²) in [6.07, 6.45) is 3.09. The minimum absolute atomic E-state index is 0.0435. The van der Waals surface area contributed by atoms with Gasteiger partial charge in [0.05, 0.1) is 5.54 Å². The molecule has 0 atom stereocenters. The van der Waals surface area contributed by atoms with E-state index >= 15 is 0 Å². The van der Waals surface area contributed by atoms with E-state index in [1.165, 1.54) is 11.1 Å². The Labute approximate surface area is 138 Å². The van der Waals surface area contributed by atoms with E-state index in [2.05, 4.69) is 48.6 Å². The Kier molecular flexibility index (Phi) is 4.45. The Balaban J connectivity index is 1.69. The van der Waals surface area contributed by atoms with E-state index in [1.54, 1.807) is 0 Å². The Morgan fingerprint density at radius 1 is 1.22 bits per heavy atom. The number of hydrogen-bond donors (Lipinski definition) is 2. The minimum atomic E-state index is -0.781. The molecule has 1 aliphatic heterocycles. The smallest absolute Gasteiger partial charge is 0.240 e. The monoisotopic (exact) mass is 317 g/mol. The van der Waals surface area contributed by atoms with E-state index in [0.29, 0.717) is 32.6 Å². The standard InChI is InChI=1S/C18H27N3O2/c1-21(2)17(11-14-5-3-4-6-15(14)12-17)13-20-16(22)18(19)7-9-23-10-8-18/h3-6H,7-13,19H2,1-2H3,(H,20,22). The fourth-order valence-corrected chi connectivity index (χ4v) is 3.66. The van der Waals surface area contributed by atoms with Crippen LogP contribution in [0.3, 0.4) is 0 Å². The van der Waals surface area contributed by atoms with Gasteiger partial charge in [0, 0.05) is 25.3 Å². The number of likely N-dealkylation sites (N-methyl/N-ethyl adjacent to an activating group) is 1. The molecule has 3 rings (SSSR count). The number of nitrogens with zero attached hydrogens (tertiary/aromatic N) is 1. The number of ether oxygens (including phenoxy) is 1. The first-order valence-electron chi connectivity index (χ1n) is 8.34. The third kappa shape index (κ3) is 3.13. The number of carbonyl (C=O) groups is 1. The van der Waals surface area contributed by atoms with Crippen LogP contribution in [0.2, 0.25) is 0 Å². The van der Waals surface area contributed by atoms with Crippen molar-refractivity contribution in [3.05, 3.63) is 35.4 Å². The summed E-state index contributed by atoms with van der Waals surface area (Å²) in [4.78, 5) is 14.8. The highest BCUT2D eigenvalue weighted by Crippen LogP contribution is 2.33. The fourth-order valence-electron chi connectivity index (χ4n) is 3.66. The molecular formula is C18H27N3O2. The van der Waals surface area contributed by atoms with Gasteiger partial charge in [-0.25, -0.2) is 0 Å². The van der Waals surface area contributed by atoms with E-state index in [-0.39, 0.29) is 11.4 Å². The number of rotatable bonds is 4. The van der Waals surface area contributed by atoms with Gasteiger partial charge < -0.3 is 20.7 Å². The Hall–Kier alpha value is -1.43. The maximum Gasteiger partial charge on any atom is 0.240 e. The lowest BCUT2D eigenvalue weighted by Gasteiger charge is -2.38. The fraction of sp³-hybridized carbons (Fsp3) is 0.611. The number of nitrogens with two attached hydrogens (primary N) is 1. The van der Waals surface area contributed by atoms with Gasteiger partial charge >= 0.3 is 0 Å². The van der Waals surface area contributed by atoms with Gasteiger partial charge in [-0.3, -0.25) is 4.79 Å². The lowest BCUT2D eigenvalue weighted by atomic mass is 9.89. The highest BCUT2D eigenvalue weighted by molar-refractivity contribution is 5.86. The summed E-state index contributed by atoms with van der Waals surface area (Å²) in [7, 11) is 4.18. The molecule has 0 saturated carbocycles. The summed E-state index contributed by atoms with van der Waals surface area (Å²) in [6, 6.07) is 8.54. The second-order valence-electron chi connectivity index (χ2n) is 7.19. The summed E-state index contributed by atoms with van der Waals surface area (Å²) in [5, 5.41) is 3.13. The predicted molar refractivity (Wildman–Crippen MR) is 90.2 cm³/mol. The Morgan fingerprint density at radius 3 is 2.30 bits per heavy atom. The molecule has 0 aromatic heterocycles. The van der Waals surface area contributed by atoms with Crippen LogP contribution in [0.1, 0.15) is 24.0 Å². The van der Waals surface area contributed by atoms with E-state index in [9.17, 15) is 4.79 Å². The summed E-state index contributed by atoms with van der Waals surface area (Å²) < 4.78 is 5.33. The largest absolute Gasteiger partial charge is 0.381 e. The Bertz CT molecular complexity index is 554. The van der Waals surface area contributed by atoms with Crippen molar-refractivity contribution in [3.63, 3.8) is 0 Å². The quantitative estimate of drug-likeness (QED) is 0.858. The highest BCUT2D eigenvalue weighted by atomic mass is 16.5. The first-order valence-corrected chi connectivity index (χ1v) is 8.34. The normalized spacial score (nSPS) is 21.9. The molecule has 5 nitrogen and oxygen atoms in total. The van der Waals surface area contributed by atoms with Crippen LogP contribution >= 0.6 is 0 Å². The van der Waals surface area contributed by atoms with Crippen molar-refractivity contribution in [2.45, 2.75) is 36.8 Å². The van der Waals surface area contributed by atoms with Gasteiger partial charge in [-0.1, -0.05) is 24.3 Å². The number of hydrogen-bond acceptors (Lipinski definition) is 4. The molecule has 1 fully saturated rings. The molecule has 5 heteroatoms. The van der Waals surface area contributed by atoms with Crippen molar-refractivity contribution in [2.75, 3.05) is 33.9 Å². The summed E-state index contributed by atoms with van der Waals surface area (Å²) in [5.41, 5.74) is 8.19. The molecule has 0 radical (unpaired) electrons. The minimum Gasteiger partial charge on any atom is -0.381 e. The number of carbonyl (C=O) groups excluding carboxylic acids is 1. The van der Waals surface area contributed by atoms with Gasteiger partial charge in [-0.15, -0.1) is 0 Å². The van der Waals surface area contributed by atoms with Crippen molar-refractivity contribution < 1.29 is 9.53 Å². The van der Waals surface area contributed by atoms with Crippen molar-refractivity contribution >= 4 is 5.91 Å². The molecule has 0 spiro atoms. The van der Waals surface area contributed by atoms with Gasteiger partial charge in [0.2, 0.25) is 5.91 Å². The van der Waals surface area contributed by atoms with Crippen molar-refractivity contribution in [1.82, 2.24) is 10.2 Å². The number of fused-ring (bicyclic) bond motifs is 1. The molecule has 1 aromatic carbocycles. The zero-order valence-corrected chi connectivity index (χ0v) is 14.1. The van der Waals surface area contributed by atoms with Crippen LogP contribution in [0.15, 0.2) is 24.3 Å². The van der Waals surface area contributed by atoms with Crippen LogP contribution in [0, 0.1) is 0 Å². The van der Waals surface area contributed by atoms with E-state index < -0.39 is 5.54 Å². The summed E-state index contributed by atoms with van der Waals surface area (Å²) >= 11 is 0. The van der Waals surface area contributed by atoms with Crippen molar-refractivity contribution in [1.29, 1.82) is 0 Å². The lowest BCUT2D eigenvalue weighted by molar-refractivity contribution is -0.130. The van der Waals surface area contributed by atoms with Gasteiger partial charge in [-0.2, -0.15) is 0 Å². The predicted octanol–water partition coefficient (Wildman–Crippen LogP) is 0.710. The zero-order valence-electron chi connectivity index (χ0n) is 14.1. The second kappa shape index (κ2) is 6.23. The molecule has 1 saturated heterocycles. The molecule has 1 aromatic rings. The molecule has 1 amide bonds. The lowest BCUT2D eigenvalue weighted by Crippen LogP contribution is -2.61. The van der Waals surface area contributed by atoms with Gasteiger partial charge in [0.1, 0.15) is 0 Å². The third-order valence-corrected chi connectivity index (χ3v) is 5.52. The molecule has 0 bridgehead atoms. The average Bonchev–Trinajstić information content (AvgIpc) is 2.93. The summed E-state index contributed by atoms with van der Waals surface area (Å²) in [5.74, 6) is -0.0435. The van der Waals surface area contributed by atoms with E-state index in [1.807, 2.05) is 0 Å².